The molecule has 0 radical (unpaired) electrons. The second kappa shape index (κ2) is 9.81. The van der Waals surface area contributed by atoms with Crippen LogP contribution in [0.4, 0.5) is 36.1 Å². The van der Waals surface area contributed by atoms with Gasteiger partial charge in [-0.05, 0) is 61.0 Å². The summed E-state index contributed by atoms with van der Waals surface area (Å²) in [5, 5.41) is 10.3. The number of nitrogens with zero attached hydrogens (tertiary/aromatic N) is 5. The van der Waals surface area contributed by atoms with E-state index in [1.165, 1.54) is 12.4 Å². The number of alkyl halides is 3. The summed E-state index contributed by atoms with van der Waals surface area (Å²) in [7, 11) is 1.57. The largest absolute Gasteiger partial charge is 0.497 e. The zero-order chi connectivity index (χ0) is 26.9. The van der Waals surface area contributed by atoms with E-state index >= 15 is 0 Å². The van der Waals surface area contributed by atoms with E-state index in [9.17, 15) is 18.0 Å². The van der Waals surface area contributed by atoms with Gasteiger partial charge in [-0.3, -0.25) is 19.8 Å². The number of nitrogens with one attached hydrogen (secondary N) is 2. The summed E-state index contributed by atoms with van der Waals surface area (Å²) < 4.78 is 44.5. The quantitative estimate of drug-likeness (QED) is 0.292. The molecule has 0 atom stereocenters. The van der Waals surface area contributed by atoms with Gasteiger partial charge in [0, 0.05) is 23.1 Å². The number of hydrogen-bond acceptors (Lipinski definition) is 7. The molecule has 0 aliphatic carbocycles. The number of methoxy groups -OCH3 is 1. The van der Waals surface area contributed by atoms with Gasteiger partial charge in [0.15, 0.2) is 11.5 Å². The van der Waals surface area contributed by atoms with Gasteiger partial charge in [-0.2, -0.15) is 18.3 Å². The van der Waals surface area contributed by atoms with Crippen LogP contribution in [0.5, 0.6) is 5.75 Å². The van der Waals surface area contributed by atoms with Gasteiger partial charge in [-0.15, -0.1) is 0 Å². The summed E-state index contributed by atoms with van der Waals surface area (Å²) in [5.41, 5.74) is 1.84. The number of rotatable bonds is 6. The van der Waals surface area contributed by atoms with E-state index in [0.717, 1.165) is 17.4 Å². The Morgan fingerprint density at radius 3 is 2.55 bits per heavy atom. The highest BCUT2D eigenvalue weighted by Crippen LogP contribution is 2.39. The number of pyridine rings is 1. The molecule has 2 N–H and O–H groups in total. The maximum atomic E-state index is 13.1. The van der Waals surface area contributed by atoms with Crippen molar-refractivity contribution in [3.8, 4) is 5.75 Å². The molecule has 3 heterocycles. The lowest BCUT2D eigenvalue weighted by Crippen LogP contribution is -2.16. The molecule has 0 fully saturated rings. The van der Waals surface area contributed by atoms with Crippen LogP contribution in [0.1, 0.15) is 21.6 Å². The van der Waals surface area contributed by atoms with E-state index in [0.29, 0.717) is 40.0 Å². The molecular formula is C26H20F3N7O2. The SMILES string of the molecule is COc1ccc(N(c2cc(NC(=O)c3ccnc(C(F)(F)F)c3)ccc2C)c2ncnc3[nH]ncc23)cc1. The summed E-state index contributed by atoms with van der Waals surface area (Å²) in [6, 6.07) is 14.4. The zero-order valence-electron chi connectivity index (χ0n) is 20.1. The molecule has 1 amide bonds. The van der Waals surface area contributed by atoms with Crippen LogP contribution < -0.4 is 15.0 Å². The van der Waals surface area contributed by atoms with Gasteiger partial charge in [0.1, 0.15) is 17.8 Å². The van der Waals surface area contributed by atoms with Gasteiger partial charge >= 0.3 is 6.18 Å². The first kappa shape index (κ1) is 24.7. The number of aryl methyl sites for hydroxylation is 1. The maximum Gasteiger partial charge on any atom is 0.433 e. The fourth-order valence-electron chi connectivity index (χ4n) is 3.90. The predicted octanol–water partition coefficient (Wildman–Crippen LogP) is 5.81. The molecule has 3 aromatic heterocycles. The van der Waals surface area contributed by atoms with Crippen molar-refractivity contribution in [3.63, 3.8) is 0 Å². The number of amides is 1. The number of fused-ring (bicyclic) bond motifs is 1. The van der Waals surface area contributed by atoms with Crippen LogP contribution in [0.15, 0.2) is 73.3 Å². The third kappa shape index (κ3) is 4.83. The number of carbonyl (C=O) groups excluding carboxylic acids is 1. The van der Waals surface area contributed by atoms with Crippen molar-refractivity contribution in [1.82, 2.24) is 25.1 Å². The van der Waals surface area contributed by atoms with Crippen molar-refractivity contribution in [3.05, 3.63) is 90.1 Å². The van der Waals surface area contributed by atoms with Crippen molar-refractivity contribution < 1.29 is 22.7 Å². The number of anilines is 4. The number of halogens is 3. The van der Waals surface area contributed by atoms with Gasteiger partial charge in [0.05, 0.1) is 24.4 Å². The van der Waals surface area contributed by atoms with Crippen molar-refractivity contribution in [1.29, 1.82) is 0 Å². The first-order valence-corrected chi connectivity index (χ1v) is 11.3. The summed E-state index contributed by atoms with van der Waals surface area (Å²) in [5.74, 6) is 0.491. The molecule has 0 aliphatic heterocycles. The molecule has 0 saturated heterocycles. The Kier molecular flexibility index (Phi) is 6.37. The molecule has 0 spiro atoms. The van der Waals surface area contributed by atoms with E-state index in [4.69, 9.17) is 4.74 Å². The lowest BCUT2D eigenvalue weighted by atomic mass is 10.1. The second-order valence-corrected chi connectivity index (χ2v) is 8.25. The Labute approximate surface area is 214 Å². The van der Waals surface area contributed by atoms with Gasteiger partial charge < -0.3 is 10.1 Å². The molecule has 12 heteroatoms. The molecule has 0 unspecified atom stereocenters. The van der Waals surface area contributed by atoms with Gasteiger partial charge in [0.25, 0.3) is 5.91 Å². The normalized spacial score (nSPS) is 11.4. The molecule has 0 bridgehead atoms. The summed E-state index contributed by atoms with van der Waals surface area (Å²) >= 11 is 0. The van der Waals surface area contributed by atoms with E-state index in [-0.39, 0.29) is 5.56 Å². The molecule has 0 aliphatic rings. The first-order chi connectivity index (χ1) is 18.2. The minimum atomic E-state index is -4.66. The van der Waals surface area contributed by atoms with Crippen LogP contribution in [-0.4, -0.2) is 38.2 Å². The molecule has 192 valence electrons. The second-order valence-electron chi connectivity index (χ2n) is 8.25. The van der Waals surface area contributed by atoms with Crippen molar-refractivity contribution in [2.24, 2.45) is 0 Å². The fourth-order valence-corrected chi connectivity index (χ4v) is 3.90. The molecule has 5 aromatic rings. The summed E-state index contributed by atoms with van der Waals surface area (Å²) in [6.07, 6.45) is -0.685. The topological polar surface area (TPSA) is 109 Å². The number of H-pyrrole nitrogens is 1. The third-order valence-corrected chi connectivity index (χ3v) is 5.79. The molecule has 9 nitrogen and oxygen atoms in total. The van der Waals surface area contributed by atoms with Gasteiger partial charge in [0.2, 0.25) is 0 Å². The number of hydrogen-bond donors (Lipinski definition) is 2. The summed E-state index contributed by atoms with van der Waals surface area (Å²) in [6.45, 7) is 1.89. The highest BCUT2D eigenvalue weighted by molar-refractivity contribution is 6.05. The standard InChI is InChI=1S/C26H20F3N7O2/c1-15-3-4-17(34-25(37)16-9-10-30-22(11-16)26(27,28)29)12-21(15)36(18-5-7-19(38-2)8-6-18)24-20-13-33-35-23(20)31-14-32-24/h3-14H,1-2H3,(H,34,37)(H,31,32,33,35). The van der Waals surface area contributed by atoms with Crippen LogP contribution in [0, 0.1) is 6.92 Å². The smallest absolute Gasteiger partial charge is 0.433 e. The Balaban J connectivity index is 1.57. The monoisotopic (exact) mass is 519 g/mol. The minimum Gasteiger partial charge on any atom is -0.497 e. The van der Waals surface area contributed by atoms with E-state index in [1.807, 2.05) is 24.0 Å². The third-order valence-electron chi connectivity index (χ3n) is 5.79. The molecule has 38 heavy (non-hydrogen) atoms. The average Bonchev–Trinajstić information content (AvgIpc) is 3.40. The Morgan fingerprint density at radius 1 is 1.03 bits per heavy atom. The lowest BCUT2D eigenvalue weighted by molar-refractivity contribution is -0.141. The molecule has 2 aromatic carbocycles. The number of carbonyl (C=O) groups is 1. The Morgan fingerprint density at radius 2 is 1.82 bits per heavy atom. The Hall–Kier alpha value is -5.00. The number of aromatic nitrogens is 5. The van der Waals surface area contributed by atoms with Gasteiger partial charge in [-0.1, -0.05) is 6.07 Å². The van der Waals surface area contributed by atoms with Crippen molar-refractivity contribution in [2.75, 3.05) is 17.3 Å². The molecular weight excluding hydrogens is 499 g/mol. The van der Waals surface area contributed by atoms with E-state index in [1.54, 1.807) is 43.6 Å². The Bertz CT molecular complexity index is 1620. The van der Waals surface area contributed by atoms with E-state index in [2.05, 4.69) is 30.5 Å². The zero-order valence-corrected chi connectivity index (χ0v) is 20.1. The average molecular weight is 519 g/mol. The molecule has 0 saturated carbocycles. The predicted molar refractivity (Wildman–Crippen MR) is 135 cm³/mol. The maximum absolute atomic E-state index is 13.1. The highest BCUT2D eigenvalue weighted by atomic mass is 19.4. The van der Waals surface area contributed by atoms with Crippen molar-refractivity contribution in [2.45, 2.75) is 13.1 Å². The lowest BCUT2D eigenvalue weighted by Gasteiger charge is -2.27. The fraction of sp³-hybridized carbons (Fsp3) is 0.115. The molecule has 5 rings (SSSR count). The van der Waals surface area contributed by atoms with Crippen LogP contribution in [0.3, 0.4) is 0 Å². The van der Waals surface area contributed by atoms with E-state index < -0.39 is 17.8 Å². The number of aromatic amines is 1. The minimum absolute atomic E-state index is 0.169. The van der Waals surface area contributed by atoms with Crippen LogP contribution in [0.2, 0.25) is 0 Å². The van der Waals surface area contributed by atoms with Crippen LogP contribution in [0.25, 0.3) is 11.0 Å². The number of ether oxygens (including phenoxy) is 1. The number of benzene rings is 2. The van der Waals surface area contributed by atoms with Crippen molar-refractivity contribution >= 4 is 39.8 Å². The highest BCUT2D eigenvalue weighted by Gasteiger charge is 2.33. The van der Waals surface area contributed by atoms with Crippen LogP contribution >= 0.6 is 0 Å². The van der Waals surface area contributed by atoms with Gasteiger partial charge in [-0.25, -0.2) is 9.97 Å². The van der Waals surface area contributed by atoms with Crippen LogP contribution in [-0.2, 0) is 6.18 Å². The summed E-state index contributed by atoms with van der Waals surface area (Å²) in [4.78, 5) is 26.8. The first-order valence-electron chi connectivity index (χ1n) is 11.3.